The van der Waals surface area contributed by atoms with E-state index in [0.717, 1.165) is 6.42 Å². The second-order valence-corrected chi connectivity index (χ2v) is 6.78. The summed E-state index contributed by atoms with van der Waals surface area (Å²) in [6.07, 6.45) is 0.796. The van der Waals surface area contributed by atoms with Gasteiger partial charge in [-0.05, 0) is 30.3 Å². The Hall–Kier alpha value is -2.25. The molecule has 8 heteroatoms. The standard InChI is InChI=1S/C18H15BrClNO5/c19-11-2-4-14(20)13(8-11)18(23)26-10-17(22)21-12-3-5-15-16(9-12)25-7-1-6-24-15/h2-5,8-9H,1,6-7,10H2,(H,21,22). The fourth-order valence-electron chi connectivity index (χ4n) is 2.30. The summed E-state index contributed by atoms with van der Waals surface area (Å²) >= 11 is 9.23. The highest BCUT2D eigenvalue weighted by molar-refractivity contribution is 9.10. The molecule has 0 bridgehead atoms. The Balaban J connectivity index is 1.58. The van der Waals surface area contributed by atoms with Crippen molar-refractivity contribution in [1.29, 1.82) is 0 Å². The number of hydrogen-bond acceptors (Lipinski definition) is 5. The molecule has 0 aliphatic carbocycles. The van der Waals surface area contributed by atoms with E-state index in [4.69, 9.17) is 25.8 Å². The molecule has 2 aromatic carbocycles. The van der Waals surface area contributed by atoms with Gasteiger partial charge in [-0.3, -0.25) is 4.79 Å². The molecule has 0 unspecified atom stereocenters. The minimum Gasteiger partial charge on any atom is -0.490 e. The van der Waals surface area contributed by atoms with Crippen LogP contribution in [0.5, 0.6) is 11.5 Å². The molecule has 0 atom stereocenters. The van der Waals surface area contributed by atoms with E-state index in [1.54, 1.807) is 30.3 Å². The Morgan fingerprint density at radius 3 is 2.69 bits per heavy atom. The number of benzene rings is 2. The quantitative estimate of drug-likeness (QED) is 0.726. The summed E-state index contributed by atoms with van der Waals surface area (Å²) in [6.45, 7) is 0.707. The number of hydrogen-bond donors (Lipinski definition) is 1. The van der Waals surface area contributed by atoms with Gasteiger partial charge in [0.25, 0.3) is 5.91 Å². The summed E-state index contributed by atoms with van der Waals surface area (Å²) in [5, 5.41) is 2.90. The average molecular weight is 441 g/mol. The first-order valence-corrected chi connectivity index (χ1v) is 9.02. The smallest absolute Gasteiger partial charge is 0.340 e. The maximum absolute atomic E-state index is 12.1. The van der Waals surface area contributed by atoms with Crippen LogP contribution >= 0.6 is 27.5 Å². The Morgan fingerprint density at radius 1 is 1.12 bits per heavy atom. The molecule has 1 N–H and O–H groups in total. The number of anilines is 1. The van der Waals surface area contributed by atoms with E-state index >= 15 is 0 Å². The van der Waals surface area contributed by atoms with Gasteiger partial charge >= 0.3 is 5.97 Å². The zero-order chi connectivity index (χ0) is 18.5. The summed E-state index contributed by atoms with van der Waals surface area (Å²) < 4.78 is 16.8. The molecule has 0 fully saturated rings. The fraction of sp³-hybridized carbons (Fsp3) is 0.222. The number of nitrogens with one attached hydrogen (secondary N) is 1. The van der Waals surface area contributed by atoms with Gasteiger partial charge in [0.15, 0.2) is 18.1 Å². The highest BCUT2D eigenvalue weighted by Crippen LogP contribution is 2.32. The maximum atomic E-state index is 12.1. The van der Waals surface area contributed by atoms with Crippen LogP contribution in [0.1, 0.15) is 16.8 Å². The van der Waals surface area contributed by atoms with Gasteiger partial charge in [0.1, 0.15) is 0 Å². The van der Waals surface area contributed by atoms with Crippen LogP contribution in [0.25, 0.3) is 0 Å². The second-order valence-electron chi connectivity index (χ2n) is 5.46. The molecule has 6 nitrogen and oxygen atoms in total. The number of fused-ring (bicyclic) bond motifs is 1. The topological polar surface area (TPSA) is 73.9 Å². The van der Waals surface area contributed by atoms with Gasteiger partial charge in [0, 0.05) is 22.6 Å². The first-order chi connectivity index (χ1) is 12.5. The fourth-order valence-corrected chi connectivity index (χ4v) is 2.86. The third-order valence-electron chi connectivity index (χ3n) is 3.51. The highest BCUT2D eigenvalue weighted by Gasteiger charge is 2.15. The number of amides is 1. The predicted octanol–water partition coefficient (Wildman–Crippen LogP) is 4.06. The zero-order valence-electron chi connectivity index (χ0n) is 13.6. The monoisotopic (exact) mass is 439 g/mol. The largest absolute Gasteiger partial charge is 0.490 e. The van der Waals surface area contributed by atoms with Gasteiger partial charge in [-0.25, -0.2) is 4.79 Å². The van der Waals surface area contributed by atoms with Gasteiger partial charge in [-0.1, -0.05) is 27.5 Å². The van der Waals surface area contributed by atoms with E-state index < -0.39 is 18.5 Å². The van der Waals surface area contributed by atoms with Crippen molar-refractivity contribution < 1.29 is 23.8 Å². The van der Waals surface area contributed by atoms with E-state index in [1.807, 2.05) is 0 Å². The van der Waals surface area contributed by atoms with Crippen molar-refractivity contribution in [3.63, 3.8) is 0 Å². The molecule has 26 heavy (non-hydrogen) atoms. The minimum atomic E-state index is -0.676. The first-order valence-electron chi connectivity index (χ1n) is 7.84. The Kier molecular flexibility index (Phi) is 6.00. The molecule has 0 saturated carbocycles. The van der Waals surface area contributed by atoms with Crippen molar-refractivity contribution in [2.24, 2.45) is 0 Å². The van der Waals surface area contributed by atoms with Crippen LogP contribution in [-0.2, 0) is 9.53 Å². The number of rotatable bonds is 4. The van der Waals surface area contributed by atoms with Crippen molar-refractivity contribution in [2.45, 2.75) is 6.42 Å². The Bertz CT molecular complexity index is 842. The summed E-state index contributed by atoms with van der Waals surface area (Å²) in [5.41, 5.74) is 0.709. The van der Waals surface area contributed by atoms with Crippen molar-refractivity contribution >= 4 is 45.1 Å². The van der Waals surface area contributed by atoms with E-state index in [9.17, 15) is 9.59 Å². The number of ether oxygens (including phenoxy) is 3. The Labute approximate surface area is 163 Å². The number of carbonyl (C=O) groups excluding carboxylic acids is 2. The van der Waals surface area contributed by atoms with Crippen LogP contribution in [0.15, 0.2) is 40.9 Å². The van der Waals surface area contributed by atoms with E-state index in [0.29, 0.717) is 34.9 Å². The zero-order valence-corrected chi connectivity index (χ0v) is 15.9. The molecule has 1 amide bonds. The lowest BCUT2D eigenvalue weighted by atomic mass is 10.2. The van der Waals surface area contributed by atoms with Crippen LogP contribution in [0.2, 0.25) is 5.02 Å². The van der Waals surface area contributed by atoms with Gasteiger partial charge in [0.2, 0.25) is 0 Å². The normalized spacial score (nSPS) is 12.8. The molecular formula is C18H15BrClNO5. The van der Waals surface area contributed by atoms with Crippen molar-refractivity contribution in [1.82, 2.24) is 0 Å². The van der Waals surface area contributed by atoms with Gasteiger partial charge < -0.3 is 19.5 Å². The second kappa shape index (κ2) is 8.42. The number of esters is 1. The molecule has 1 aliphatic rings. The van der Waals surface area contributed by atoms with E-state index in [2.05, 4.69) is 21.2 Å². The van der Waals surface area contributed by atoms with Gasteiger partial charge in [0.05, 0.1) is 23.8 Å². The highest BCUT2D eigenvalue weighted by atomic mass is 79.9. The molecule has 0 radical (unpaired) electrons. The molecule has 136 valence electrons. The molecule has 3 rings (SSSR count). The predicted molar refractivity (Wildman–Crippen MR) is 100 cm³/mol. The number of carbonyl (C=O) groups is 2. The van der Waals surface area contributed by atoms with E-state index in [-0.39, 0.29) is 10.6 Å². The third-order valence-corrected chi connectivity index (χ3v) is 4.34. The van der Waals surface area contributed by atoms with Gasteiger partial charge in [-0.2, -0.15) is 0 Å². The number of halogens is 2. The van der Waals surface area contributed by atoms with Crippen LogP contribution in [-0.4, -0.2) is 31.7 Å². The molecule has 0 aromatic heterocycles. The molecule has 0 spiro atoms. The molecule has 0 saturated heterocycles. The minimum absolute atomic E-state index is 0.185. The van der Waals surface area contributed by atoms with Crippen LogP contribution < -0.4 is 14.8 Å². The Morgan fingerprint density at radius 2 is 1.88 bits per heavy atom. The van der Waals surface area contributed by atoms with Crippen molar-refractivity contribution in [3.05, 3.63) is 51.5 Å². The lowest BCUT2D eigenvalue weighted by Gasteiger charge is -2.11. The lowest BCUT2D eigenvalue weighted by Crippen LogP contribution is -2.21. The first kappa shape index (κ1) is 18.5. The molecule has 2 aromatic rings. The van der Waals surface area contributed by atoms with Gasteiger partial charge in [-0.15, -0.1) is 0 Å². The average Bonchev–Trinajstić information content (AvgIpc) is 2.86. The lowest BCUT2D eigenvalue weighted by molar-refractivity contribution is -0.119. The molecule has 1 aliphatic heterocycles. The van der Waals surface area contributed by atoms with Crippen LogP contribution in [0, 0.1) is 0 Å². The summed E-state index contributed by atoms with van der Waals surface area (Å²) in [5.74, 6) is 0.0542. The van der Waals surface area contributed by atoms with Crippen LogP contribution in [0.3, 0.4) is 0 Å². The molecule has 1 heterocycles. The van der Waals surface area contributed by atoms with Crippen molar-refractivity contribution in [2.75, 3.05) is 25.1 Å². The maximum Gasteiger partial charge on any atom is 0.340 e. The third kappa shape index (κ3) is 4.68. The molecular weight excluding hydrogens is 426 g/mol. The van der Waals surface area contributed by atoms with Crippen molar-refractivity contribution in [3.8, 4) is 11.5 Å². The van der Waals surface area contributed by atoms with Crippen LogP contribution in [0.4, 0.5) is 5.69 Å². The summed E-state index contributed by atoms with van der Waals surface area (Å²) in [4.78, 5) is 24.1. The summed E-state index contributed by atoms with van der Waals surface area (Å²) in [7, 11) is 0. The summed E-state index contributed by atoms with van der Waals surface area (Å²) in [6, 6.07) is 9.90. The van der Waals surface area contributed by atoms with E-state index in [1.165, 1.54) is 6.07 Å². The SMILES string of the molecule is O=C(COC(=O)c1cc(Br)ccc1Cl)Nc1ccc2c(c1)OCCCO2.